The molecule has 2 heterocycles. The van der Waals surface area contributed by atoms with Crippen LogP contribution in [0.1, 0.15) is 19.4 Å². The van der Waals surface area contributed by atoms with Crippen molar-refractivity contribution in [1.29, 1.82) is 0 Å². The molecule has 1 aromatic heterocycles. The molecule has 37 heavy (non-hydrogen) atoms. The number of hydrogen-bond donors (Lipinski definition) is 0. The number of nitrogens with zero attached hydrogens (tertiary/aromatic N) is 2. The largest absolute Gasteiger partial charge is 0.496 e. The van der Waals surface area contributed by atoms with Gasteiger partial charge in [-0.25, -0.2) is 4.79 Å². The lowest BCUT2D eigenvalue weighted by Gasteiger charge is -2.33. The molecule has 1 aliphatic heterocycles. The van der Waals surface area contributed by atoms with Crippen molar-refractivity contribution in [2.24, 2.45) is 0 Å². The Morgan fingerprint density at radius 1 is 0.973 bits per heavy atom. The minimum Gasteiger partial charge on any atom is -0.496 e. The van der Waals surface area contributed by atoms with Crippen LogP contribution >= 0.6 is 0 Å². The van der Waals surface area contributed by atoms with Crippen molar-refractivity contribution in [3.05, 3.63) is 72.5 Å². The smallest absolute Gasteiger partial charge is 0.409 e. The van der Waals surface area contributed by atoms with E-state index in [1.54, 1.807) is 36.2 Å². The van der Waals surface area contributed by atoms with E-state index in [0.717, 1.165) is 38.6 Å². The number of hydrogen-bond acceptors (Lipinski definition) is 5. The maximum absolute atomic E-state index is 13.1. The quantitative estimate of drug-likeness (QED) is 0.317. The van der Waals surface area contributed by atoms with E-state index in [9.17, 15) is 9.59 Å². The molecule has 7 heteroatoms. The summed E-state index contributed by atoms with van der Waals surface area (Å²) in [6, 6.07) is 18.5. The van der Waals surface area contributed by atoms with Crippen molar-refractivity contribution in [3.63, 3.8) is 0 Å². The fourth-order valence-corrected chi connectivity index (χ4v) is 4.79. The second-order valence-corrected chi connectivity index (χ2v) is 9.10. The highest BCUT2D eigenvalue weighted by Crippen LogP contribution is 2.38. The van der Waals surface area contributed by atoms with Crippen LogP contribution in [0.2, 0.25) is 0 Å². The lowest BCUT2D eigenvalue weighted by atomic mass is 9.97. The fourth-order valence-electron chi connectivity index (χ4n) is 4.79. The number of amides is 2. The first-order valence-corrected chi connectivity index (χ1v) is 12.5. The third-order valence-corrected chi connectivity index (χ3v) is 6.84. The van der Waals surface area contributed by atoms with E-state index in [1.807, 2.05) is 31.2 Å². The van der Waals surface area contributed by atoms with E-state index in [1.165, 1.54) is 5.39 Å². The van der Waals surface area contributed by atoms with Crippen LogP contribution < -0.4 is 4.74 Å². The number of allylic oxidation sites excluding steroid dienone is 1. The topological polar surface area (TPSA) is 72.2 Å². The first-order chi connectivity index (χ1) is 18.0. The van der Waals surface area contributed by atoms with Crippen LogP contribution in [0.3, 0.4) is 0 Å². The molecule has 0 aliphatic carbocycles. The summed E-state index contributed by atoms with van der Waals surface area (Å²) >= 11 is 0. The number of furan rings is 1. The normalized spacial score (nSPS) is 14.3. The number of fused-ring (bicyclic) bond motifs is 2. The van der Waals surface area contributed by atoms with E-state index < -0.39 is 0 Å². The van der Waals surface area contributed by atoms with Crippen LogP contribution in [0.25, 0.3) is 38.4 Å². The van der Waals surface area contributed by atoms with Crippen LogP contribution in [0.5, 0.6) is 5.75 Å². The van der Waals surface area contributed by atoms with Crippen molar-refractivity contribution >= 4 is 39.3 Å². The molecule has 0 atom stereocenters. The molecular weight excluding hydrogens is 468 g/mol. The SMILES string of the molecule is CCOC(=O)N1CCN(C(=O)/C=C(\C)c2cc3c(-c4ccc5ccccc5c4)coc3cc2OC)CC1. The average Bonchev–Trinajstić information content (AvgIpc) is 3.35. The van der Waals surface area contributed by atoms with Gasteiger partial charge in [0.15, 0.2) is 0 Å². The Labute approximate surface area is 215 Å². The number of piperazine rings is 1. The summed E-state index contributed by atoms with van der Waals surface area (Å²) in [6.07, 6.45) is 3.08. The van der Waals surface area contributed by atoms with Crippen LogP contribution in [0.4, 0.5) is 4.79 Å². The van der Waals surface area contributed by atoms with Crippen molar-refractivity contribution < 1.29 is 23.5 Å². The van der Waals surface area contributed by atoms with Gasteiger partial charge in [-0.3, -0.25) is 4.79 Å². The molecule has 1 fully saturated rings. The number of rotatable bonds is 5. The van der Waals surface area contributed by atoms with Gasteiger partial charge in [0.2, 0.25) is 5.91 Å². The van der Waals surface area contributed by atoms with E-state index in [0.29, 0.717) is 38.5 Å². The molecule has 190 valence electrons. The molecule has 5 rings (SSSR count). The second-order valence-electron chi connectivity index (χ2n) is 9.10. The van der Waals surface area contributed by atoms with Crippen molar-refractivity contribution in [2.75, 3.05) is 39.9 Å². The van der Waals surface area contributed by atoms with Crippen LogP contribution in [0.15, 0.2) is 71.4 Å². The summed E-state index contributed by atoms with van der Waals surface area (Å²) in [5, 5.41) is 3.30. The zero-order valence-corrected chi connectivity index (χ0v) is 21.3. The molecule has 1 aliphatic rings. The highest BCUT2D eigenvalue weighted by Gasteiger charge is 2.24. The highest BCUT2D eigenvalue weighted by atomic mass is 16.6. The molecule has 0 bridgehead atoms. The Bertz CT molecular complexity index is 1490. The Balaban J connectivity index is 1.42. The third kappa shape index (κ3) is 4.89. The predicted octanol–water partition coefficient (Wildman–Crippen LogP) is 5.97. The lowest BCUT2D eigenvalue weighted by Crippen LogP contribution is -2.50. The maximum atomic E-state index is 13.1. The Morgan fingerprint density at radius 3 is 2.43 bits per heavy atom. The lowest BCUT2D eigenvalue weighted by molar-refractivity contribution is -0.127. The van der Waals surface area contributed by atoms with E-state index in [4.69, 9.17) is 13.9 Å². The summed E-state index contributed by atoms with van der Waals surface area (Å²) in [5.74, 6) is 0.547. The van der Waals surface area contributed by atoms with Crippen LogP contribution in [0, 0.1) is 0 Å². The molecule has 1 saturated heterocycles. The first-order valence-electron chi connectivity index (χ1n) is 12.5. The van der Waals surface area contributed by atoms with Gasteiger partial charge in [0.05, 0.1) is 20.0 Å². The van der Waals surface area contributed by atoms with Crippen molar-refractivity contribution in [2.45, 2.75) is 13.8 Å². The molecule has 3 aromatic carbocycles. The maximum Gasteiger partial charge on any atom is 0.409 e. The van der Waals surface area contributed by atoms with Crippen molar-refractivity contribution in [3.8, 4) is 16.9 Å². The van der Waals surface area contributed by atoms with Gasteiger partial charge in [-0.05, 0) is 47.9 Å². The molecule has 4 aromatic rings. The second kappa shape index (κ2) is 10.4. The van der Waals surface area contributed by atoms with E-state index >= 15 is 0 Å². The summed E-state index contributed by atoms with van der Waals surface area (Å²) in [6.45, 7) is 5.87. The minimum absolute atomic E-state index is 0.0925. The molecule has 0 saturated carbocycles. The van der Waals surface area contributed by atoms with Gasteiger partial charge in [0, 0.05) is 54.8 Å². The van der Waals surface area contributed by atoms with Gasteiger partial charge < -0.3 is 23.7 Å². The van der Waals surface area contributed by atoms with Crippen LogP contribution in [-0.2, 0) is 9.53 Å². The molecule has 0 N–H and O–H groups in total. The van der Waals surface area contributed by atoms with E-state index in [-0.39, 0.29) is 12.0 Å². The molecule has 2 amide bonds. The van der Waals surface area contributed by atoms with Gasteiger partial charge in [-0.2, -0.15) is 0 Å². The summed E-state index contributed by atoms with van der Waals surface area (Å²) < 4.78 is 16.6. The van der Waals surface area contributed by atoms with Gasteiger partial charge in [0.25, 0.3) is 0 Å². The van der Waals surface area contributed by atoms with Crippen LogP contribution in [-0.4, -0.2) is 61.7 Å². The number of carbonyl (C=O) groups excluding carboxylic acids is 2. The number of benzene rings is 3. The molecule has 0 radical (unpaired) electrons. The number of methoxy groups -OCH3 is 1. The van der Waals surface area contributed by atoms with Gasteiger partial charge in [0.1, 0.15) is 11.3 Å². The highest BCUT2D eigenvalue weighted by molar-refractivity contribution is 6.01. The molecular formula is C30H30N2O5. The zero-order valence-electron chi connectivity index (χ0n) is 21.3. The Hall–Kier alpha value is -4.26. The predicted molar refractivity (Wildman–Crippen MR) is 145 cm³/mol. The molecule has 0 unspecified atom stereocenters. The zero-order chi connectivity index (χ0) is 25.9. The monoisotopic (exact) mass is 498 g/mol. The van der Waals surface area contributed by atoms with Gasteiger partial charge in [-0.1, -0.05) is 36.4 Å². The standard InChI is InChI=1S/C30H30N2O5/c1-4-36-30(34)32-13-11-31(12-14-32)29(33)15-20(2)24-17-25-26(19-37-28(25)18-27(24)35-3)23-10-9-21-7-5-6-8-22(21)16-23/h5-10,15-19H,4,11-14H2,1-3H3/b20-15+. The van der Waals surface area contributed by atoms with E-state index in [2.05, 4.69) is 30.3 Å². The number of carbonyl (C=O) groups is 2. The Morgan fingerprint density at radius 2 is 1.70 bits per heavy atom. The average molecular weight is 499 g/mol. The summed E-state index contributed by atoms with van der Waals surface area (Å²) in [4.78, 5) is 28.4. The summed E-state index contributed by atoms with van der Waals surface area (Å²) in [5.41, 5.74) is 4.39. The molecule has 7 nitrogen and oxygen atoms in total. The summed E-state index contributed by atoms with van der Waals surface area (Å²) in [7, 11) is 1.61. The van der Waals surface area contributed by atoms with Gasteiger partial charge >= 0.3 is 6.09 Å². The molecule has 0 spiro atoms. The fraction of sp³-hybridized carbons (Fsp3) is 0.267. The number of ether oxygens (including phenoxy) is 2. The first kappa shape index (κ1) is 24.4. The van der Waals surface area contributed by atoms with Crippen molar-refractivity contribution in [1.82, 2.24) is 9.80 Å². The van der Waals surface area contributed by atoms with Gasteiger partial charge in [-0.15, -0.1) is 0 Å². The minimum atomic E-state index is -0.332. The third-order valence-electron chi connectivity index (χ3n) is 6.84. The Kier molecular flexibility index (Phi) is 6.86.